The van der Waals surface area contributed by atoms with Gasteiger partial charge in [0.25, 0.3) is 5.91 Å². The second-order valence-electron chi connectivity index (χ2n) is 8.68. The minimum Gasteiger partial charge on any atom is -0.328 e. The Morgan fingerprint density at radius 2 is 1.71 bits per heavy atom. The molecule has 0 saturated heterocycles. The van der Waals surface area contributed by atoms with E-state index in [0.717, 1.165) is 22.7 Å². The highest BCUT2D eigenvalue weighted by atomic mass is 32.2. The number of nitrogens with zero attached hydrogens (tertiary/aromatic N) is 3. The van der Waals surface area contributed by atoms with Crippen molar-refractivity contribution in [3.8, 4) is 0 Å². The predicted octanol–water partition coefficient (Wildman–Crippen LogP) is 6.11. The number of aryl methyl sites for hydroxylation is 2. The van der Waals surface area contributed by atoms with E-state index in [9.17, 15) is 4.79 Å². The van der Waals surface area contributed by atoms with Crippen molar-refractivity contribution < 1.29 is 4.79 Å². The summed E-state index contributed by atoms with van der Waals surface area (Å²) in [5.74, 6) is 1.25. The van der Waals surface area contributed by atoms with E-state index in [1.54, 1.807) is 11.8 Å². The summed E-state index contributed by atoms with van der Waals surface area (Å²) in [6, 6.07) is 25.6. The van der Waals surface area contributed by atoms with Crippen LogP contribution in [-0.4, -0.2) is 20.7 Å². The summed E-state index contributed by atoms with van der Waals surface area (Å²) in [7, 11) is 0. The molecule has 2 N–H and O–H groups in total. The molecule has 1 aliphatic heterocycles. The summed E-state index contributed by atoms with van der Waals surface area (Å²) in [6.45, 7) is 6.14. The molecule has 3 aromatic carbocycles. The number of allylic oxidation sites excluding steroid dienone is 1. The first-order valence-corrected chi connectivity index (χ1v) is 12.5. The minimum absolute atomic E-state index is 0.166. The molecule has 0 spiro atoms. The van der Waals surface area contributed by atoms with Crippen LogP contribution in [0.2, 0.25) is 0 Å². The molecule has 0 aliphatic carbocycles. The molecule has 0 fully saturated rings. The number of anilines is 2. The van der Waals surface area contributed by atoms with Gasteiger partial charge in [-0.3, -0.25) is 4.79 Å². The smallest absolute Gasteiger partial charge is 0.255 e. The summed E-state index contributed by atoms with van der Waals surface area (Å²) in [5, 5.41) is 11.9. The molecule has 4 aromatic rings. The molecular weight excluding hydrogens is 454 g/mol. The van der Waals surface area contributed by atoms with Crippen LogP contribution in [0.15, 0.2) is 95.3 Å². The van der Waals surface area contributed by atoms with Crippen LogP contribution in [0.25, 0.3) is 0 Å². The van der Waals surface area contributed by atoms with Gasteiger partial charge in [0, 0.05) is 17.1 Å². The molecule has 6 nitrogen and oxygen atoms in total. The molecule has 0 saturated carbocycles. The van der Waals surface area contributed by atoms with Crippen LogP contribution in [0.4, 0.5) is 11.6 Å². The van der Waals surface area contributed by atoms with E-state index in [4.69, 9.17) is 10.1 Å². The third-order valence-electron chi connectivity index (χ3n) is 6.09. The van der Waals surface area contributed by atoms with E-state index in [2.05, 4.69) is 42.7 Å². The fraction of sp³-hybridized carbons (Fsp3) is 0.179. The maximum Gasteiger partial charge on any atom is 0.255 e. The fourth-order valence-electron chi connectivity index (χ4n) is 4.25. The van der Waals surface area contributed by atoms with Crippen molar-refractivity contribution >= 4 is 29.3 Å². The van der Waals surface area contributed by atoms with E-state index in [-0.39, 0.29) is 5.91 Å². The molecule has 7 heteroatoms. The first-order valence-electron chi connectivity index (χ1n) is 11.5. The molecule has 1 amide bonds. The second-order valence-corrected chi connectivity index (χ2v) is 9.62. The van der Waals surface area contributed by atoms with Gasteiger partial charge in [0.15, 0.2) is 0 Å². The monoisotopic (exact) mass is 481 g/mol. The first-order chi connectivity index (χ1) is 17.0. The Morgan fingerprint density at radius 1 is 1.00 bits per heavy atom. The molecule has 5 rings (SSSR count). The van der Waals surface area contributed by atoms with Crippen molar-refractivity contribution in [2.45, 2.75) is 37.7 Å². The number of para-hydroxylation sites is 1. The second kappa shape index (κ2) is 9.80. The number of rotatable bonds is 6. The lowest BCUT2D eigenvalue weighted by Crippen LogP contribution is -2.31. The zero-order valence-corrected chi connectivity index (χ0v) is 20.8. The van der Waals surface area contributed by atoms with Crippen molar-refractivity contribution in [3.63, 3.8) is 0 Å². The number of hydrogen-bond acceptors (Lipinski definition) is 5. The normalized spacial score (nSPS) is 14.9. The molecular formula is C28H27N5OS. The van der Waals surface area contributed by atoms with Gasteiger partial charge in [0.2, 0.25) is 11.1 Å². The lowest BCUT2D eigenvalue weighted by molar-refractivity contribution is -0.113. The van der Waals surface area contributed by atoms with E-state index in [1.165, 1.54) is 16.7 Å². The molecule has 35 heavy (non-hydrogen) atoms. The van der Waals surface area contributed by atoms with E-state index >= 15 is 0 Å². The third-order valence-corrected chi connectivity index (χ3v) is 6.97. The van der Waals surface area contributed by atoms with Gasteiger partial charge in [-0.05, 0) is 49.6 Å². The van der Waals surface area contributed by atoms with Crippen LogP contribution < -0.4 is 10.6 Å². The Hall–Kier alpha value is -3.84. The summed E-state index contributed by atoms with van der Waals surface area (Å²) in [6.07, 6.45) is 0. The van der Waals surface area contributed by atoms with Gasteiger partial charge in [-0.15, -0.1) is 5.10 Å². The molecule has 0 bridgehead atoms. The average molecular weight is 482 g/mol. The van der Waals surface area contributed by atoms with Crippen LogP contribution >= 0.6 is 11.8 Å². The van der Waals surface area contributed by atoms with Crippen molar-refractivity contribution in [2.75, 3.05) is 10.6 Å². The topological polar surface area (TPSA) is 71.8 Å². The average Bonchev–Trinajstić information content (AvgIpc) is 3.27. The molecule has 2 heterocycles. The van der Waals surface area contributed by atoms with Gasteiger partial charge in [-0.25, -0.2) is 4.68 Å². The standard InChI is InChI=1S/C28H27N5OS/c1-18-14-15-19(2)22(16-18)17-35-28-31-27-29-20(3)24(26(34)30-23-12-8-5-9-13-23)25(33(27)32-28)21-10-6-4-7-11-21/h4-16,25H,17H2,1-3H3,(H,30,34)(H,29,31,32)/t25-/m1/s1. The number of benzene rings is 3. The molecule has 0 unspecified atom stereocenters. The molecule has 176 valence electrons. The maximum atomic E-state index is 13.5. The largest absolute Gasteiger partial charge is 0.328 e. The number of aromatic nitrogens is 3. The number of carbonyl (C=O) groups excluding carboxylic acids is 1. The van der Waals surface area contributed by atoms with Crippen LogP contribution in [0.1, 0.15) is 35.2 Å². The zero-order valence-electron chi connectivity index (χ0n) is 19.9. The van der Waals surface area contributed by atoms with E-state index in [0.29, 0.717) is 16.7 Å². The fourth-order valence-corrected chi connectivity index (χ4v) is 5.14. The van der Waals surface area contributed by atoms with Crippen LogP contribution in [0.5, 0.6) is 0 Å². The third kappa shape index (κ3) is 4.86. The highest BCUT2D eigenvalue weighted by molar-refractivity contribution is 7.98. The number of nitrogens with one attached hydrogen (secondary N) is 2. The van der Waals surface area contributed by atoms with E-state index < -0.39 is 6.04 Å². The molecule has 1 atom stereocenters. The lowest BCUT2D eigenvalue weighted by Gasteiger charge is -2.28. The molecule has 1 aromatic heterocycles. The predicted molar refractivity (Wildman–Crippen MR) is 141 cm³/mol. The summed E-state index contributed by atoms with van der Waals surface area (Å²) >= 11 is 1.60. The summed E-state index contributed by atoms with van der Waals surface area (Å²) < 4.78 is 1.83. The minimum atomic E-state index is -0.390. The zero-order chi connectivity index (χ0) is 24.4. The van der Waals surface area contributed by atoms with Crippen LogP contribution in [0.3, 0.4) is 0 Å². The quantitative estimate of drug-likeness (QED) is 0.325. The Morgan fingerprint density at radius 3 is 2.46 bits per heavy atom. The van der Waals surface area contributed by atoms with Crippen molar-refractivity contribution in [3.05, 3.63) is 112 Å². The number of hydrogen-bond donors (Lipinski definition) is 2. The highest BCUT2D eigenvalue weighted by Gasteiger charge is 2.34. The Kier molecular flexibility index (Phi) is 6.42. The van der Waals surface area contributed by atoms with E-state index in [1.807, 2.05) is 72.3 Å². The van der Waals surface area contributed by atoms with Crippen molar-refractivity contribution in [2.24, 2.45) is 0 Å². The SMILES string of the molecule is CC1=C(C(=O)Nc2ccccc2)[C@@H](c2ccccc2)n2nc(SCc3cc(C)ccc3C)nc2N1. The van der Waals surface area contributed by atoms with Gasteiger partial charge in [-0.1, -0.05) is 84.1 Å². The van der Waals surface area contributed by atoms with Crippen LogP contribution in [-0.2, 0) is 10.5 Å². The molecule has 1 aliphatic rings. The van der Waals surface area contributed by atoms with Gasteiger partial charge < -0.3 is 10.6 Å². The summed E-state index contributed by atoms with van der Waals surface area (Å²) in [5.41, 5.74) is 6.87. The summed E-state index contributed by atoms with van der Waals surface area (Å²) in [4.78, 5) is 18.2. The number of amides is 1. The number of carbonyl (C=O) groups is 1. The Balaban J connectivity index is 1.47. The Bertz CT molecular complexity index is 1400. The van der Waals surface area contributed by atoms with Gasteiger partial charge in [0.1, 0.15) is 6.04 Å². The van der Waals surface area contributed by atoms with Crippen molar-refractivity contribution in [1.82, 2.24) is 14.8 Å². The molecule has 0 radical (unpaired) electrons. The number of thioether (sulfide) groups is 1. The van der Waals surface area contributed by atoms with Crippen LogP contribution in [0, 0.1) is 13.8 Å². The van der Waals surface area contributed by atoms with Gasteiger partial charge in [0.05, 0.1) is 5.57 Å². The maximum absolute atomic E-state index is 13.5. The lowest BCUT2D eigenvalue weighted by atomic mass is 9.95. The van der Waals surface area contributed by atoms with Crippen molar-refractivity contribution in [1.29, 1.82) is 0 Å². The van der Waals surface area contributed by atoms with Gasteiger partial charge >= 0.3 is 0 Å². The first kappa shape index (κ1) is 22.9. The number of fused-ring (bicyclic) bond motifs is 1. The highest BCUT2D eigenvalue weighted by Crippen LogP contribution is 2.37. The van der Waals surface area contributed by atoms with Gasteiger partial charge in [-0.2, -0.15) is 4.98 Å². The Labute approximate surface area is 209 Å².